The predicted molar refractivity (Wildman–Crippen MR) is 32.1 cm³/mol. The van der Waals surface area contributed by atoms with Crippen molar-refractivity contribution in [2.45, 2.75) is 25.3 Å². The van der Waals surface area contributed by atoms with Gasteiger partial charge in [0.05, 0.1) is 0 Å². The van der Waals surface area contributed by atoms with Crippen LogP contribution in [0.4, 0.5) is 0 Å². The number of nitrogens with one attached hydrogen (secondary N) is 1. The second kappa shape index (κ2) is 1.91. The summed E-state index contributed by atoms with van der Waals surface area (Å²) in [6.45, 7) is 1.65. The van der Waals surface area contributed by atoms with Crippen LogP contribution in [0, 0.1) is 0 Å². The molecule has 1 aliphatic rings. The van der Waals surface area contributed by atoms with Gasteiger partial charge in [-0.25, -0.2) is 0 Å². The molecule has 0 aromatic carbocycles. The van der Waals surface area contributed by atoms with Gasteiger partial charge in [0.1, 0.15) is 12.0 Å². The molecule has 0 aliphatic carbocycles. The molecule has 2 unspecified atom stereocenters. The summed E-state index contributed by atoms with van der Waals surface area (Å²) in [6, 6.07) is 0. The summed E-state index contributed by atoms with van der Waals surface area (Å²) in [5.41, 5.74) is 1.81. The number of hydrazine groups is 1. The molecule has 1 fully saturated rings. The molecule has 0 aromatic rings. The number of hydrogen-bond donors (Lipinski definition) is 3. The van der Waals surface area contributed by atoms with Gasteiger partial charge in [0, 0.05) is 6.42 Å². The Balaban J connectivity index is 2.48. The second-order valence-corrected chi connectivity index (χ2v) is 2.50. The highest BCUT2D eigenvalue weighted by molar-refractivity contribution is 4.86. The van der Waals surface area contributed by atoms with Crippen molar-refractivity contribution in [3.8, 4) is 0 Å². The molecule has 0 aromatic heterocycles. The molecule has 0 radical (unpaired) electrons. The zero-order valence-electron chi connectivity index (χ0n) is 5.63. The van der Waals surface area contributed by atoms with Crippen LogP contribution in [0.5, 0.6) is 0 Å². The molecule has 0 saturated carbocycles. The van der Waals surface area contributed by atoms with Gasteiger partial charge in [0.25, 0.3) is 0 Å². The van der Waals surface area contributed by atoms with E-state index in [0.29, 0.717) is 6.42 Å². The molecule has 0 spiro atoms. The lowest BCUT2D eigenvalue weighted by molar-refractivity contribution is -0.286. The van der Waals surface area contributed by atoms with Crippen molar-refractivity contribution < 1.29 is 10.2 Å². The average molecular weight is 132 g/mol. The quantitative estimate of drug-likeness (QED) is 0.422. The normalized spacial score (nSPS) is 44.7. The minimum Gasteiger partial charge on any atom is -0.377 e. The Kier molecular flexibility index (Phi) is 1.48. The molecule has 4 heteroatoms. The predicted octanol–water partition coefficient (Wildman–Crippen LogP) is -1.15. The molecule has 9 heavy (non-hydrogen) atoms. The van der Waals surface area contributed by atoms with Crippen LogP contribution in [0.3, 0.4) is 0 Å². The van der Waals surface area contributed by atoms with E-state index >= 15 is 0 Å². The van der Waals surface area contributed by atoms with E-state index in [0.717, 1.165) is 0 Å². The largest absolute Gasteiger partial charge is 0.377 e. The molecule has 1 aliphatic heterocycles. The maximum Gasteiger partial charge on any atom is 0.134 e. The minimum absolute atomic E-state index is 0.411. The smallest absolute Gasteiger partial charge is 0.134 e. The van der Waals surface area contributed by atoms with Crippen LogP contribution in [-0.2, 0) is 0 Å². The summed E-state index contributed by atoms with van der Waals surface area (Å²) < 4.78 is 0. The van der Waals surface area contributed by atoms with E-state index in [1.807, 2.05) is 0 Å². The molecule has 54 valence electrons. The maximum atomic E-state index is 9.25. The van der Waals surface area contributed by atoms with Crippen LogP contribution in [0.1, 0.15) is 13.3 Å². The number of hydrogen-bond acceptors (Lipinski definition) is 4. The van der Waals surface area contributed by atoms with E-state index < -0.39 is 12.0 Å². The Labute approximate surface area is 54.1 Å². The minimum atomic E-state index is -0.867. The van der Waals surface area contributed by atoms with Crippen molar-refractivity contribution in [1.82, 2.24) is 10.4 Å². The molecular weight excluding hydrogens is 120 g/mol. The van der Waals surface area contributed by atoms with Crippen molar-refractivity contribution in [2.24, 2.45) is 0 Å². The van der Waals surface area contributed by atoms with E-state index in [1.54, 1.807) is 14.0 Å². The summed E-state index contributed by atoms with van der Waals surface area (Å²) in [5.74, 6) is 0. The number of rotatable bonds is 1. The fraction of sp³-hybridized carbons (Fsp3) is 1.00. The Morgan fingerprint density at radius 3 is 2.44 bits per heavy atom. The van der Waals surface area contributed by atoms with Crippen LogP contribution in [0.25, 0.3) is 0 Å². The highest BCUT2D eigenvalue weighted by Crippen LogP contribution is 2.29. The van der Waals surface area contributed by atoms with Crippen LogP contribution in [-0.4, -0.2) is 34.2 Å². The molecule has 1 rings (SSSR count). The van der Waals surface area contributed by atoms with Crippen molar-refractivity contribution >= 4 is 0 Å². The summed E-state index contributed by atoms with van der Waals surface area (Å²) >= 11 is 0. The zero-order chi connectivity index (χ0) is 7.07. The third-order valence-corrected chi connectivity index (χ3v) is 1.63. The van der Waals surface area contributed by atoms with Gasteiger partial charge in [-0.1, -0.05) is 0 Å². The fourth-order valence-electron chi connectivity index (χ4n) is 1.13. The van der Waals surface area contributed by atoms with E-state index in [2.05, 4.69) is 5.43 Å². The standard InChI is InChI=1S/C5H12N2O2/c1-5(9)3-4(8)7(5)6-2/h4,6,8-9H,3H2,1-2H3. The fourth-order valence-corrected chi connectivity index (χ4v) is 1.13. The maximum absolute atomic E-state index is 9.25. The van der Waals surface area contributed by atoms with Crippen molar-refractivity contribution in [3.05, 3.63) is 0 Å². The number of nitrogens with zero attached hydrogens (tertiary/aromatic N) is 1. The lowest BCUT2D eigenvalue weighted by Crippen LogP contribution is -2.68. The van der Waals surface area contributed by atoms with Gasteiger partial charge in [-0.3, -0.25) is 5.43 Å². The summed E-state index contributed by atoms with van der Waals surface area (Å²) in [4.78, 5) is 0. The Morgan fingerprint density at radius 1 is 1.78 bits per heavy atom. The summed E-state index contributed by atoms with van der Waals surface area (Å²) in [5, 5.41) is 19.6. The molecule has 0 bridgehead atoms. The third kappa shape index (κ3) is 0.943. The van der Waals surface area contributed by atoms with Crippen molar-refractivity contribution in [2.75, 3.05) is 7.05 Å². The van der Waals surface area contributed by atoms with Gasteiger partial charge in [-0.05, 0) is 14.0 Å². The van der Waals surface area contributed by atoms with E-state index in [-0.39, 0.29) is 0 Å². The highest BCUT2D eigenvalue weighted by atomic mass is 16.4. The molecule has 2 atom stereocenters. The molecular formula is C5H12N2O2. The lowest BCUT2D eigenvalue weighted by atomic mass is 10.0. The van der Waals surface area contributed by atoms with Crippen LogP contribution in [0.15, 0.2) is 0 Å². The van der Waals surface area contributed by atoms with Gasteiger partial charge in [0.2, 0.25) is 0 Å². The zero-order valence-corrected chi connectivity index (χ0v) is 5.63. The van der Waals surface area contributed by atoms with Crippen LogP contribution < -0.4 is 5.43 Å². The topological polar surface area (TPSA) is 55.7 Å². The summed E-state index contributed by atoms with van der Waals surface area (Å²) in [7, 11) is 1.66. The summed E-state index contributed by atoms with van der Waals surface area (Å²) in [6.07, 6.45) is -0.126. The van der Waals surface area contributed by atoms with E-state index in [1.165, 1.54) is 5.01 Å². The van der Waals surface area contributed by atoms with Crippen molar-refractivity contribution in [3.63, 3.8) is 0 Å². The van der Waals surface area contributed by atoms with Crippen molar-refractivity contribution in [1.29, 1.82) is 0 Å². The number of aliphatic hydroxyl groups is 2. The van der Waals surface area contributed by atoms with Crippen LogP contribution in [0.2, 0.25) is 0 Å². The van der Waals surface area contributed by atoms with Gasteiger partial charge in [-0.15, -0.1) is 0 Å². The Hall–Kier alpha value is -0.160. The SMILES string of the molecule is CNN1C(O)CC1(C)O. The third-order valence-electron chi connectivity index (χ3n) is 1.63. The Morgan fingerprint density at radius 2 is 2.33 bits per heavy atom. The lowest BCUT2D eigenvalue weighted by Gasteiger charge is -2.49. The second-order valence-electron chi connectivity index (χ2n) is 2.50. The van der Waals surface area contributed by atoms with E-state index in [9.17, 15) is 5.11 Å². The molecule has 1 saturated heterocycles. The molecule has 1 heterocycles. The first kappa shape index (κ1) is 6.95. The Bertz CT molecular complexity index is 116. The van der Waals surface area contributed by atoms with Gasteiger partial charge < -0.3 is 10.2 Å². The van der Waals surface area contributed by atoms with E-state index in [4.69, 9.17) is 5.11 Å². The first-order chi connectivity index (χ1) is 4.08. The number of aliphatic hydroxyl groups excluding tert-OH is 1. The molecule has 4 nitrogen and oxygen atoms in total. The first-order valence-corrected chi connectivity index (χ1v) is 2.95. The van der Waals surface area contributed by atoms with Gasteiger partial charge in [-0.2, -0.15) is 5.01 Å². The van der Waals surface area contributed by atoms with Gasteiger partial charge in [0.15, 0.2) is 0 Å². The molecule has 0 amide bonds. The average Bonchev–Trinajstić information content (AvgIpc) is 1.63. The van der Waals surface area contributed by atoms with Gasteiger partial charge >= 0.3 is 0 Å². The monoisotopic (exact) mass is 132 g/mol. The molecule has 3 N–H and O–H groups in total. The van der Waals surface area contributed by atoms with Crippen LogP contribution >= 0.6 is 0 Å². The highest BCUT2D eigenvalue weighted by Gasteiger charge is 2.45. The first-order valence-electron chi connectivity index (χ1n) is 2.95.